The molecule has 1 heterocycles. The molecule has 3 nitrogen and oxygen atoms in total. The second-order valence-electron chi connectivity index (χ2n) is 4.83. The zero-order valence-corrected chi connectivity index (χ0v) is 14.1. The molecule has 2 rings (SSSR count). The molecule has 0 fully saturated rings. The van der Waals surface area contributed by atoms with Crippen molar-refractivity contribution in [2.45, 2.75) is 13.1 Å². The molecule has 0 saturated heterocycles. The molecule has 2 N–H and O–H groups in total. The highest BCUT2D eigenvalue weighted by atomic mass is 35.5. The van der Waals surface area contributed by atoms with E-state index in [1.165, 1.54) is 4.88 Å². The largest absolute Gasteiger partial charge is 0.395 e. The van der Waals surface area contributed by atoms with Crippen molar-refractivity contribution in [2.24, 2.45) is 0 Å². The number of halogens is 2. The van der Waals surface area contributed by atoms with Crippen molar-refractivity contribution in [3.8, 4) is 0 Å². The lowest BCUT2D eigenvalue weighted by atomic mass is 10.2. The van der Waals surface area contributed by atoms with Gasteiger partial charge in [0.1, 0.15) is 0 Å². The minimum atomic E-state index is 0.144. The van der Waals surface area contributed by atoms with E-state index in [0.717, 1.165) is 27.2 Å². The second kappa shape index (κ2) is 8.01. The summed E-state index contributed by atoms with van der Waals surface area (Å²) in [6.07, 6.45) is 0. The third-order valence-electron chi connectivity index (χ3n) is 3.06. The van der Waals surface area contributed by atoms with E-state index in [1.54, 1.807) is 11.3 Å². The lowest BCUT2D eigenvalue weighted by Crippen LogP contribution is -2.21. The maximum absolute atomic E-state index is 8.95. The van der Waals surface area contributed by atoms with Crippen LogP contribution < -0.4 is 5.32 Å². The number of likely N-dealkylation sites (N-methyl/N-ethyl adjacent to an activating group) is 1. The lowest BCUT2D eigenvalue weighted by molar-refractivity contribution is 0.217. The minimum Gasteiger partial charge on any atom is -0.395 e. The molecule has 0 atom stereocenters. The van der Waals surface area contributed by atoms with Gasteiger partial charge in [0.25, 0.3) is 0 Å². The molecule has 0 saturated carbocycles. The van der Waals surface area contributed by atoms with Gasteiger partial charge in [-0.15, -0.1) is 11.3 Å². The first kappa shape index (κ1) is 16.6. The van der Waals surface area contributed by atoms with Crippen LogP contribution in [0, 0.1) is 0 Å². The van der Waals surface area contributed by atoms with Crippen LogP contribution in [0.25, 0.3) is 0 Å². The Morgan fingerprint density at radius 3 is 2.71 bits per heavy atom. The number of hydrogen-bond acceptors (Lipinski definition) is 4. The van der Waals surface area contributed by atoms with Gasteiger partial charge in [-0.2, -0.15) is 0 Å². The highest BCUT2D eigenvalue weighted by Gasteiger charge is 2.06. The summed E-state index contributed by atoms with van der Waals surface area (Å²) in [5.41, 5.74) is 2.07. The van der Waals surface area contributed by atoms with Crippen LogP contribution in [0.5, 0.6) is 0 Å². The van der Waals surface area contributed by atoms with Crippen LogP contribution in [0.2, 0.25) is 9.36 Å². The van der Waals surface area contributed by atoms with Crippen molar-refractivity contribution in [1.29, 1.82) is 0 Å². The average molecular weight is 345 g/mol. The predicted octanol–water partition coefficient (Wildman–Crippen LogP) is 4.09. The number of anilines is 1. The fourth-order valence-electron chi connectivity index (χ4n) is 1.98. The smallest absolute Gasteiger partial charge is 0.0931 e. The Labute approximate surface area is 139 Å². The summed E-state index contributed by atoms with van der Waals surface area (Å²) >= 11 is 13.7. The average Bonchev–Trinajstić information content (AvgIpc) is 2.86. The molecule has 1 aromatic heterocycles. The van der Waals surface area contributed by atoms with E-state index in [-0.39, 0.29) is 6.61 Å². The van der Waals surface area contributed by atoms with E-state index >= 15 is 0 Å². The Bertz CT molecular complexity index is 589. The first-order chi connectivity index (χ1) is 10.1. The van der Waals surface area contributed by atoms with E-state index in [2.05, 4.69) is 5.32 Å². The molecule has 0 aliphatic heterocycles. The number of thiophene rings is 1. The van der Waals surface area contributed by atoms with E-state index in [0.29, 0.717) is 13.1 Å². The van der Waals surface area contributed by atoms with Gasteiger partial charge in [-0.3, -0.25) is 4.90 Å². The number of hydrogen-bond donors (Lipinski definition) is 2. The summed E-state index contributed by atoms with van der Waals surface area (Å²) in [5, 5.41) is 13.1. The molecule has 0 spiro atoms. The Kier molecular flexibility index (Phi) is 6.33. The highest BCUT2D eigenvalue weighted by Crippen LogP contribution is 2.25. The standard InChI is InChI=1S/C15H18Cl2N2OS/c1-19(6-7-20)10-11-8-12(2-4-14(11)16)18-9-13-3-5-15(17)21-13/h2-5,8,18,20H,6-7,9-10H2,1H3. The Morgan fingerprint density at radius 1 is 1.24 bits per heavy atom. The number of nitrogens with zero attached hydrogens (tertiary/aromatic N) is 1. The van der Waals surface area contributed by atoms with E-state index < -0.39 is 0 Å². The van der Waals surface area contributed by atoms with Gasteiger partial charge in [-0.05, 0) is 42.9 Å². The Hall–Kier alpha value is -0.780. The molecule has 114 valence electrons. The van der Waals surface area contributed by atoms with Gasteiger partial charge in [0.2, 0.25) is 0 Å². The van der Waals surface area contributed by atoms with Crippen molar-refractivity contribution < 1.29 is 5.11 Å². The van der Waals surface area contributed by atoms with Gasteiger partial charge in [-0.25, -0.2) is 0 Å². The topological polar surface area (TPSA) is 35.5 Å². The number of nitrogens with one attached hydrogen (secondary N) is 1. The third-order valence-corrected chi connectivity index (χ3v) is 4.66. The number of aliphatic hydroxyl groups excluding tert-OH is 1. The van der Waals surface area contributed by atoms with Gasteiger partial charge in [0.05, 0.1) is 10.9 Å². The van der Waals surface area contributed by atoms with Crippen LogP contribution in [0.15, 0.2) is 30.3 Å². The molecule has 0 radical (unpaired) electrons. The monoisotopic (exact) mass is 344 g/mol. The van der Waals surface area contributed by atoms with E-state index in [1.807, 2.05) is 42.3 Å². The maximum Gasteiger partial charge on any atom is 0.0931 e. The summed E-state index contributed by atoms with van der Waals surface area (Å²) in [5.74, 6) is 0. The lowest BCUT2D eigenvalue weighted by Gasteiger charge is -2.17. The maximum atomic E-state index is 8.95. The minimum absolute atomic E-state index is 0.144. The molecule has 0 aliphatic carbocycles. The van der Waals surface area contributed by atoms with Crippen molar-refractivity contribution in [3.05, 3.63) is 50.1 Å². The number of rotatable bonds is 7. The molecule has 6 heteroatoms. The van der Waals surface area contributed by atoms with Crippen molar-refractivity contribution in [3.63, 3.8) is 0 Å². The predicted molar refractivity (Wildman–Crippen MR) is 91.5 cm³/mol. The molecule has 0 amide bonds. The van der Waals surface area contributed by atoms with E-state index in [4.69, 9.17) is 28.3 Å². The molecule has 1 aromatic carbocycles. The van der Waals surface area contributed by atoms with Gasteiger partial charge in [0.15, 0.2) is 0 Å². The molecule has 21 heavy (non-hydrogen) atoms. The van der Waals surface area contributed by atoms with Crippen molar-refractivity contribution >= 4 is 40.2 Å². The SMILES string of the molecule is CN(CCO)Cc1cc(NCc2ccc(Cl)s2)ccc1Cl. The summed E-state index contributed by atoms with van der Waals surface area (Å²) in [7, 11) is 1.96. The molecular weight excluding hydrogens is 327 g/mol. The van der Waals surface area contributed by atoms with Gasteiger partial charge < -0.3 is 10.4 Å². The normalized spacial score (nSPS) is 11.1. The summed E-state index contributed by atoms with van der Waals surface area (Å²) in [4.78, 5) is 3.22. The molecule has 2 aromatic rings. The Morgan fingerprint density at radius 2 is 2.05 bits per heavy atom. The number of aliphatic hydroxyl groups is 1. The van der Waals surface area contributed by atoms with Crippen LogP contribution in [0.4, 0.5) is 5.69 Å². The summed E-state index contributed by atoms with van der Waals surface area (Å²) < 4.78 is 0.800. The first-order valence-corrected chi connectivity index (χ1v) is 8.21. The zero-order chi connectivity index (χ0) is 15.2. The molecular formula is C15H18Cl2N2OS. The summed E-state index contributed by atoms with van der Waals surface area (Å²) in [6.45, 7) is 2.22. The van der Waals surface area contributed by atoms with Crippen LogP contribution in [-0.2, 0) is 13.1 Å². The zero-order valence-electron chi connectivity index (χ0n) is 11.8. The summed E-state index contributed by atoms with van der Waals surface area (Å²) in [6, 6.07) is 9.83. The highest BCUT2D eigenvalue weighted by molar-refractivity contribution is 7.16. The van der Waals surface area contributed by atoms with Gasteiger partial charge >= 0.3 is 0 Å². The van der Waals surface area contributed by atoms with Crippen LogP contribution in [-0.4, -0.2) is 30.2 Å². The van der Waals surface area contributed by atoms with Gasteiger partial charge in [0, 0.05) is 35.2 Å². The van der Waals surface area contributed by atoms with Crippen LogP contribution >= 0.6 is 34.5 Å². The van der Waals surface area contributed by atoms with Crippen LogP contribution in [0.3, 0.4) is 0 Å². The van der Waals surface area contributed by atoms with Crippen molar-refractivity contribution in [1.82, 2.24) is 4.90 Å². The Balaban J connectivity index is 2.00. The molecule has 0 aliphatic rings. The molecule has 0 bridgehead atoms. The molecule has 0 unspecified atom stereocenters. The van der Waals surface area contributed by atoms with Crippen molar-refractivity contribution in [2.75, 3.05) is 25.5 Å². The quantitative estimate of drug-likeness (QED) is 0.793. The van der Waals surface area contributed by atoms with Gasteiger partial charge in [-0.1, -0.05) is 23.2 Å². The number of benzene rings is 1. The van der Waals surface area contributed by atoms with Crippen LogP contribution in [0.1, 0.15) is 10.4 Å². The van der Waals surface area contributed by atoms with E-state index in [9.17, 15) is 0 Å². The first-order valence-electron chi connectivity index (χ1n) is 6.64. The fourth-order valence-corrected chi connectivity index (χ4v) is 3.19. The third kappa shape index (κ3) is 5.16. The fraction of sp³-hybridized carbons (Fsp3) is 0.333. The second-order valence-corrected chi connectivity index (χ2v) is 7.03.